The summed E-state index contributed by atoms with van der Waals surface area (Å²) >= 11 is 0. The number of aliphatic hydroxyl groups excluding tert-OH is 1. The Balaban J connectivity index is 1.57. The number of aliphatic hydroxyl groups is 1. The minimum Gasteiger partial charge on any atom is -0.385 e. The van der Waals surface area contributed by atoms with Crippen LogP contribution in [0.15, 0.2) is 53.7 Å². The highest BCUT2D eigenvalue weighted by molar-refractivity contribution is 7.90. The SMILES string of the molecule is C[C@@H](O)c1nc2cnc3c(ccn3S(=O)(=O)c3ccccc3)c2n1[C@@H]1CCN(C(=O)NCC(F)(F)F)C1. The summed E-state index contributed by atoms with van der Waals surface area (Å²) in [7, 11) is -3.95. The van der Waals surface area contributed by atoms with Crippen LogP contribution in [0.1, 0.15) is 31.3 Å². The van der Waals surface area contributed by atoms with Gasteiger partial charge in [-0.05, 0) is 31.5 Å². The van der Waals surface area contributed by atoms with Crippen LogP contribution in [0.4, 0.5) is 18.0 Å². The molecule has 10 nitrogen and oxygen atoms in total. The van der Waals surface area contributed by atoms with E-state index in [9.17, 15) is 31.5 Å². The Morgan fingerprint density at radius 3 is 2.65 bits per heavy atom. The minimum absolute atomic E-state index is 0.0850. The highest BCUT2D eigenvalue weighted by atomic mass is 32.2. The van der Waals surface area contributed by atoms with Gasteiger partial charge in [0, 0.05) is 24.7 Å². The molecule has 1 aromatic carbocycles. The van der Waals surface area contributed by atoms with E-state index in [0.717, 1.165) is 3.97 Å². The largest absolute Gasteiger partial charge is 0.405 e. The predicted octanol–water partition coefficient (Wildman–Crippen LogP) is 3.20. The molecular weight excluding hydrogens is 513 g/mol. The summed E-state index contributed by atoms with van der Waals surface area (Å²) in [6, 6.07) is 8.24. The minimum atomic E-state index is -4.53. The highest BCUT2D eigenvalue weighted by Crippen LogP contribution is 2.35. The maximum Gasteiger partial charge on any atom is 0.405 e. The van der Waals surface area contributed by atoms with Crippen LogP contribution in [-0.4, -0.2) is 68.8 Å². The summed E-state index contributed by atoms with van der Waals surface area (Å²) in [5.41, 5.74) is 1.09. The van der Waals surface area contributed by atoms with Crippen molar-refractivity contribution in [1.29, 1.82) is 0 Å². The van der Waals surface area contributed by atoms with Gasteiger partial charge in [0.25, 0.3) is 10.0 Å². The summed E-state index contributed by atoms with van der Waals surface area (Å²) < 4.78 is 67.0. The van der Waals surface area contributed by atoms with Crippen LogP contribution in [-0.2, 0) is 10.0 Å². The third-order valence-electron chi connectivity index (χ3n) is 6.29. The number of alkyl halides is 3. The maximum absolute atomic E-state index is 13.3. The molecule has 0 bridgehead atoms. The first-order valence-corrected chi connectivity index (χ1v) is 12.9. The summed E-state index contributed by atoms with van der Waals surface area (Å²) in [4.78, 5) is 22.5. The van der Waals surface area contributed by atoms with Crippen molar-refractivity contribution >= 4 is 38.1 Å². The Labute approximate surface area is 209 Å². The normalized spacial score (nSPS) is 17.5. The van der Waals surface area contributed by atoms with Crippen LogP contribution in [0.3, 0.4) is 0 Å². The number of aromatic nitrogens is 4. The van der Waals surface area contributed by atoms with Crippen molar-refractivity contribution in [3.05, 3.63) is 54.6 Å². The van der Waals surface area contributed by atoms with Gasteiger partial charge < -0.3 is 19.9 Å². The molecule has 3 aromatic heterocycles. The fourth-order valence-electron chi connectivity index (χ4n) is 4.65. The van der Waals surface area contributed by atoms with Gasteiger partial charge in [-0.3, -0.25) is 0 Å². The zero-order valence-electron chi connectivity index (χ0n) is 19.6. The number of urea groups is 1. The van der Waals surface area contributed by atoms with E-state index in [4.69, 9.17) is 0 Å². The van der Waals surface area contributed by atoms with Gasteiger partial charge in [0.15, 0.2) is 5.65 Å². The zero-order chi connectivity index (χ0) is 26.5. The number of carbonyl (C=O) groups is 1. The van der Waals surface area contributed by atoms with E-state index >= 15 is 0 Å². The molecule has 1 aliphatic heterocycles. The van der Waals surface area contributed by atoms with Crippen molar-refractivity contribution in [2.24, 2.45) is 0 Å². The molecule has 2 amide bonds. The van der Waals surface area contributed by atoms with Crippen molar-refractivity contribution in [3.8, 4) is 0 Å². The van der Waals surface area contributed by atoms with Gasteiger partial charge in [-0.15, -0.1) is 0 Å². The quantitative estimate of drug-likeness (QED) is 0.404. The number of amides is 2. The Kier molecular flexibility index (Phi) is 6.10. The lowest BCUT2D eigenvalue weighted by molar-refractivity contribution is -0.123. The average molecular weight is 537 g/mol. The van der Waals surface area contributed by atoms with Crippen molar-refractivity contribution in [3.63, 3.8) is 0 Å². The van der Waals surface area contributed by atoms with Crippen molar-refractivity contribution < 1.29 is 31.5 Å². The molecule has 1 fully saturated rings. The Bertz CT molecular complexity index is 1580. The number of hydrogen-bond donors (Lipinski definition) is 2. The van der Waals surface area contributed by atoms with Gasteiger partial charge in [0.1, 0.15) is 24.0 Å². The van der Waals surface area contributed by atoms with E-state index in [-0.39, 0.29) is 29.5 Å². The number of halogens is 3. The maximum atomic E-state index is 13.3. The van der Waals surface area contributed by atoms with Gasteiger partial charge in [-0.25, -0.2) is 27.2 Å². The number of likely N-dealkylation sites (tertiary alicyclic amines) is 1. The lowest BCUT2D eigenvalue weighted by Crippen LogP contribution is -2.42. The number of pyridine rings is 1. The molecule has 0 saturated carbocycles. The van der Waals surface area contributed by atoms with E-state index in [0.29, 0.717) is 22.8 Å². The molecular formula is C23H23F3N6O4S. The molecule has 1 saturated heterocycles. The zero-order valence-corrected chi connectivity index (χ0v) is 20.4. The number of carbonyl (C=O) groups excluding carboxylic acids is 1. The number of nitrogens with zero attached hydrogens (tertiary/aromatic N) is 5. The second-order valence-corrected chi connectivity index (χ2v) is 10.7. The average Bonchev–Trinajstić information content (AvgIpc) is 3.58. The Morgan fingerprint density at radius 1 is 1.24 bits per heavy atom. The van der Waals surface area contributed by atoms with Gasteiger partial charge in [0.05, 0.1) is 22.7 Å². The molecule has 2 N–H and O–H groups in total. The first kappa shape index (κ1) is 25.0. The fourth-order valence-corrected chi connectivity index (χ4v) is 5.98. The van der Waals surface area contributed by atoms with Crippen molar-refractivity contribution in [2.75, 3.05) is 19.6 Å². The molecule has 0 spiro atoms. The summed E-state index contributed by atoms with van der Waals surface area (Å²) in [6.45, 7) is 0.373. The molecule has 4 aromatic rings. The molecule has 0 unspecified atom stereocenters. The molecule has 1 aliphatic rings. The third-order valence-corrected chi connectivity index (χ3v) is 7.97. The number of rotatable bonds is 5. The highest BCUT2D eigenvalue weighted by Gasteiger charge is 2.34. The molecule has 37 heavy (non-hydrogen) atoms. The topological polar surface area (TPSA) is 122 Å². The van der Waals surface area contributed by atoms with Crippen molar-refractivity contribution in [2.45, 2.75) is 36.6 Å². The van der Waals surface area contributed by atoms with Crippen LogP contribution in [0.2, 0.25) is 0 Å². The lowest BCUT2D eigenvalue weighted by Gasteiger charge is -2.20. The summed E-state index contributed by atoms with van der Waals surface area (Å²) in [6.07, 6.45) is -2.33. The number of fused-ring (bicyclic) bond motifs is 3. The first-order chi connectivity index (χ1) is 17.5. The van der Waals surface area contributed by atoms with Gasteiger partial charge >= 0.3 is 12.2 Å². The number of nitrogens with one attached hydrogen (secondary N) is 1. The fraction of sp³-hybridized carbons (Fsp3) is 0.348. The van der Waals surface area contributed by atoms with Crippen LogP contribution in [0.5, 0.6) is 0 Å². The molecule has 4 heterocycles. The van der Waals surface area contributed by atoms with Crippen molar-refractivity contribution in [1.82, 2.24) is 28.7 Å². The van der Waals surface area contributed by atoms with E-state index < -0.39 is 40.9 Å². The first-order valence-electron chi connectivity index (χ1n) is 11.4. The third kappa shape index (κ3) is 4.50. The number of benzene rings is 1. The molecule has 5 rings (SSSR count). The second kappa shape index (κ2) is 9.03. The second-order valence-electron chi connectivity index (χ2n) is 8.84. The summed E-state index contributed by atoms with van der Waals surface area (Å²) in [5, 5.41) is 12.8. The number of hydrogen-bond acceptors (Lipinski definition) is 6. The van der Waals surface area contributed by atoms with E-state index in [1.165, 1.54) is 36.4 Å². The molecule has 0 aliphatic carbocycles. The molecule has 14 heteroatoms. The molecule has 2 atom stereocenters. The van der Waals surface area contributed by atoms with Gasteiger partial charge in [-0.2, -0.15) is 13.2 Å². The number of imidazole rings is 1. The monoisotopic (exact) mass is 536 g/mol. The van der Waals surface area contributed by atoms with Gasteiger partial charge in [-0.1, -0.05) is 18.2 Å². The Hall–Kier alpha value is -3.65. The van der Waals surface area contributed by atoms with E-state index in [2.05, 4.69) is 9.97 Å². The lowest BCUT2D eigenvalue weighted by atomic mass is 10.2. The van der Waals surface area contributed by atoms with Crippen LogP contribution in [0, 0.1) is 0 Å². The van der Waals surface area contributed by atoms with Crippen LogP contribution < -0.4 is 5.32 Å². The molecule has 196 valence electrons. The molecule has 0 radical (unpaired) electrons. The van der Waals surface area contributed by atoms with Crippen LogP contribution in [0.25, 0.3) is 22.1 Å². The Morgan fingerprint density at radius 2 is 1.97 bits per heavy atom. The standard InChI is InChI=1S/C23H23F3N6O4S/c1-14(33)20-29-18-11-27-21-17(8-10-31(21)37(35,36)16-5-3-2-4-6-16)19(18)32(20)15-7-9-30(12-15)22(34)28-13-23(24,25)26/h2-6,8,10-11,14-15,33H,7,9,12-13H2,1H3,(H,28,34)/t14-,15-/m1/s1. The predicted molar refractivity (Wildman–Crippen MR) is 127 cm³/mol. The van der Waals surface area contributed by atoms with Gasteiger partial charge in [0.2, 0.25) is 0 Å². The van der Waals surface area contributed by atoms with E-state index in [1.54, 1.807) is 28.8 Å². The smallest absolute Gasteiger partial charge is 0.385 e. The summed E-state index contributed by atoms with van der Waals surface area (Å²) in [5.74, 6) is 0.283. The van der Waals surface area contributed by atoms with Crippen LogP contribution >= 0.6 is 0 Å². The van der Waals surface area contributed by atoms with E-state index in [1.807, 2.05) is 5.32 Å².